The van der Waals surface area contributed by atoms with E-state index in [0.717, 1.165) is 12.1 Å². The van der Waals surface area contributed by atoms with Gasteiger partial charge in [0.15, 0.2) is 11.6 Å². The molecule has 1 nitrogen and oxygen atoms in total. The Labute approximate surface area is 63.4 Å². The van der Waals surface area contributed by atoms with Gasteiger partial charge in [0.2, 0.25) is 0 Å². The molecule has 0 saturated carbocycles. The number of hydrogen-bond acceptors (Lipinski definition) is 1. The molecule has 0 unspecified atom stereocenters. The Morgan fingerprint density at radius 2 is 2.00 bits per heavy atom. The molecule has 1 aromatic rings. The van der Waals surface area contributed by atoms with Crippen LogP contribution in [0.25, 0.3) is 0 Å². The van der Waals surface area contributed by atoms with Crippen LogP contribution in [0.5, 0.6) is 0 Å². The van der Waals surface area contributed by atoms with Gasteiger partial charge >= 0.3 is 0 Å². The third-order valence-electron chi connectivity index (χ3n) is 1.28. The fourth-order valence-electron chi connectivity index (χ4n) is 0.767. The second-order valence-corrected chi connectivity index (χ2v) is 2.13. The lowest BCUT2D eigenvalue weighted by Crippen LogP contribution is -1.87. The van der Waals surface area contributed by atoms with Crippen molar-refractivity contribution in [3.63, 3.8) is 0 Å². The van der Waals surface area contributed by atoms with Crippen molar-refractivity contribution in [3.05, 3.63) is 35.4 Å². The monoisotopic (exact) mass is 155 g/mol. The van der Waals surface area contributed by atoms with Gasteiger partial charge in [0, 0.05) is 0 Å². The predicted octanol–water partition coefficient (Wildman–Crippen LogP) is 2.17. The topological polar surface area (TPSA) is 12.4 Å². The van der Waals surface area contributed by atoms with Crippen LogP contribution in [-0.4, -0.2) is 6.72 Å². The minimum absolute atomic E-state index is 0.317. The summed E-state index contributed by atoms with van der Waals surface area (Å²) in [6.45, 7) is 3.56. The van der Waals surface area contributed by atoms with Gasteiger partial charge in [-0.3, -0.25) is 4.99 Å². The first-order valence-corrected chi connectivity index (χ1v) is 3.10. The average Bonchev–Trinajstić information content (AvgIpc) is 1.98. The zero-order valence-corrected chi connectivity index (χ0v) is 5.85. The molecule has 0 aliphatic rings. The molecule has 1 aromatic carbocycles. The highest BCUT2D eigenvalue weighted by Gasteiger charge is 2.00. The Hall–Kier alpha value is -1.25. The number of aliphatic imine (C=N–C) groups is 1. The van der Waals surface area contributed by atoms with Crippen LogP contribution < -0.4 is 0 Å². The summed E-state index contributed by atoms with van der Waals surface area (Å²) in [6, 6.07) is 3.67. The molecule has 0 saturated heterocycles. The second kappa shape index (κ2) is 3.23. The van der Waals surface area contributed by atoms with Crippen molar-refractivity contribution in [1.82, 2.24) is 0 Å². The first-order valence-electron chi connectivity index (χ1n) is 3.10. The maximum Gasteiger partial charge on any atom is 0.159 e. The Bertz CT molecular complexity index is 271. The Kier molecular flexibility index (Phi) is 2.31. The third kappa shape index (κ3) is 1.83. The van der Waals surface area contributed by atoms with Crippen molar-refractivity contribution in [2.24, 2.45) is 4.99 Å². The largest absolute Gasteiger partial charge is 0.296 e. The molecule has 0 heterocycles. The van der Waals surface area contributed by atoms with Crippen LogP contribution in [0.15, 0.2) is 23.2 Å². The molecule has 0 radical (unpaired) electrons. The molecule has 0 bridgehead atoms. The van der Waals surface area contributed by atoms with E-state index < -0.39 is 11.6 Å². The molecule has 0 aliphatic carbocycles. The molecule has 0 spiro atoms. The first-order chi connectivity index (χ1) is 5.24. The van der Waals surface area contributed by atoms with Gasteiger partial charge in [0.1, 0.15) is 0 Å². The quantitative estimate of drug-likeness (QED) is 0.580. The summed E-state index contributed by atoms with van der Waals surface area (Å²) in [7, 11) is 0. The molecule has 0 aliphatic heterocycles. The van der Waals surface area contributed by atoms with Gasteiger partial charge in [0.25, 0.3) is 0 Å². The van der Waals surface area contributed by atoms with Gasteiger partial charge < -0.3 is 0 Å². The van der Waals surface area contributed by atoms with E-state index in [1.54, 1.807) is 0 Å². The second-order valence-electron chi connectivity index (χ2n) is 2.13. The summed E-state index contributed by atoms with van der Waals surface area (Å²) in [5.41, 5.74) is 0.624. The fourth-order valence-corrected chi connectivity index (χ4v) is 0.767. The van der Waals surface area contributed by atoms with E-state index in [-0.39, 0.29) is 0 Å². The van der Waals surface area contributed by atoms with Crippen molar-refractivity contribution in [2.45, 2.75) is 6.54 Å². The lowest BCUT2D eigenvalue weighted by atomic mass is 10.2. The lowest BCUT2D eigenvalue weighted by Gasteiger charge is -1.96. The number of nitrogens with zero attached hydrogens (tertiary/aromatic N) is 1. The molecule has 58 valence electrons. The number of rotatable bonds is 2. The summed E-state index contributed by atoms with van der Waals surface area (Å²) in [5.74, 6) is -1.68. The molecular formula is C8H7F2N. The normalized spacial score (nSPS) is 9.64. The molecule has 3 heteroatoms. The summed E-state index contributed by atoms with van der Waals surface area (Å²) in [6.07, 6.45) is 0. The molecule has 0 aromatic heterocycles. The van der Waals surface area contributed by atoms with Crippen LogP contribution in [0.4, 0.5) is 8.78 Å². The Morgan fingerprint density at radius 1 is 1.27 bits per heavy atom. The standard InChI is InChI=1S/C8H7F2N/c1-11-5-6-2-3-7(9)8(10)4-6/h2-4H,1,5H2. The van der Waals surface area contributed by atoms with Crippen LogP contribution in [0.1, 0.15) is 5.56 Å². The van der Waals surface area contributed by atoms with Crippen molar-refractivity contribution in [1.29, 1.82) is 0 Å². The van der Waals surface area contributed by atoms with Gasteiger partial charge in [-0.15, -0.1) is 0 Å². The Balaban J connectivity index is 2.95. The van der Waals surface area contributed by atoms with Gasteiger partial charge in [-0.05, 0) is 24.4 Å². The smallest absolute Gasteiger partial charge is 0.159 e. The zero-order valence-electron chi connectivity index (χ0n) is 5.85. The summed E-state index contributed by atoms with van der Waals surface area (Å²) in [5, 5.41) is 0. The van der Waals surface area contributed by atoms with Gasteiger partial charge in [-0.2, -0.15) is 0 Å². The van der Waals surface area contributed by atoms with Gasteiger partial charge in [-0.25, -0.2) is 8.78 Å². The SMILES string of the molecule is C=NCc1ccc(F)c(F)c1. The number of hydrogen-bond donors (Lipinski definition) is 0. The minimum Gasteiger partial charge on any atom is -0.296 e. The van der Waals surface area contributed by atoms with E-state index in [1.165, 1.54) is 6.07 Å². The van der Waals surface area contributed by atoms with Gasteiger partial charge in [0.05, 0.1) is 6.54 Å². The van der Waals surface area contributed by atoms with Crippen LogP contribution in [0.3, 0.4) is 0 Å². The molecular weight excluding hydrogens is 148 g/mol. The van der Waals surface area contributed by atoms with E-state index in [2.05, 4.69) is 11.7 Å². The van der Waals surface area contributed by atoms with Crippen molar-refractivity contribution >= 4 is 6.72 Å². The highest BCUT2D eigenvalue weighted by atomic mass is 19.2. The highest BCUT2D eigenvalue weighted by Crippen LogP contribution is 2.08. The van der Waals surface area contributed by atoms with E-state index in [4.69, 9.17) is 0 Å². The number of halogens is 2. The van der Waals surface area contributed by atoms with E-state index in [0.29, 0.717) is 12.1 Å². The predicted molar refractivity (Wildman–Crippen MR) is 39.6 cm³/mol. The fraction of sp³-hybridized carbons (Fsp3) is 0.125. The molecule has 0 amide bonds. The van der Waals surface area contributed by atoms with Crippen LogP contribution in [0, 0.1) is 11.6 Å². The van der Waals surface area contributed by atoms with Crippen molar-refractivity contribution in [3.8, 4) is 0 Å². The molecule has 0 fully saturated rings. The summed E-state index contributed by atoms with van der Waals surface area (Å²) < 4.78 is 24.8. The van der Waals surface area contributed by atoms with E-state index in [9.17, 15) is 8.78 Å². The van der Waals surface area contributed by atoms with Gasteiger partial charge in [-0.1, -0.05) is 6.07 Å². The zero-order chi connectivity index (χ0) is 8.27. The van der Waals surface area contributed by atoms with Crippen molar-refractivity contribution in [2.75, 3.05) is 0 Å². The maximum absolute atomic E-state index is 12.5. The summed E-state index contributed by atoms with van der Waals surface area (Å²) >= 11 is 0. The van der Waals surface area contributed by atoms with E-state index >= 15 is 0 Å². The molecule has 11 heavy (non-hydrogen) atoms. The average molecular weight is 155 g/mol. The highest BCUT2D eigenvalue weighted by molar-refractivity contribution is 5.25. The minimum atomic E-state index is -0.842. The van der Waals surface area contributed by atoms with E-state index in [1.807, 2.05) is 0 Å². The van der Waals surface area contributed by atoms with Crippen molar-refractivity contribution < 1.29 is 8.78 Å². The molecule has 0 N–H and O–H groups in total. The first kappa shape index (κ1) is 7.85. The maximum atomic E-state index is 12.5. The third-order valence-corrected chi connectivity index (χ3v) is 1.28. The molecule has 1 rings (SSSR count). The van der Waals surface area contributed by atoms with Crippen LogP contribution >= 0.6 is 0 Å². The molecule has 0 atom stereocenters. The summed E-state index contributed by atoms with van der Waals surface area (Å²) in [4.78, 5) is 3.54. The lowest BCUT2D eigenvalue weighted by molar-refractivity contribution is 0.507. The Morgan fingerprint density at radius 3 is 2.55 bits per heavy atom. The van der Waals surface area contributed by atoms with Crippen LogP contribution in [0.2, 0.25) is 0 Å². The van der Waals surface area contributed by atoms with Crippen LogP contribution in [-0.2, 0) is 6.54 Å². The number of benzene rings is 1.